The maximum absolute atomic E-state index is 5.69. The summed E-state index contributed by atoms with van der Waals surface area (Å²) >= 11 is 0. The molecule has 2 aliphatic rings. The molecule has 0 aromatic heterocycles. The number of halogens is 1. The maximum Gasteiger partial charge on any atom is 0.198 e. The number of ether oxygens (including phenoxy) is 2. The fraction of sp³-hybridized carbons (Fsp3) is 0.458. The third-order valence-corrected chi connectivity index (χ3v) is 6.17. The van der Waals surface area contributed by atoms with Crippen molar-refractivity contribution in [3.8, 4) is 5.75 Å². The van der Waals surface area contributed by atoms with E-state index in [1.807, 2.05) is 14.0 Å². The molecule has 0 amide bonds. The zero-order chi connectivity index (χ0) is 20.1. The van der Waals surface area contributed by atoms with Crippen LogP contribution in [0.4, 0.5) is 5.69 Å². The molecule has 5 nitrogen and oxygen atoms in total. The molecule has 2 aliphatic heterocycles. The van der Waals surface area contributed by atoms with E-state index in [0.717, 1.165) is 57.3 Å². The van der Waals surface area contributed by atoms with Crippen molar-refractivity contribution < 1.29 is 9.47 Å². The Balaban J connectivity index is 0.00000256. The number of aliphatic imine (C=N–C) groups is 1. The Labute approximate surface area is 196 Å². The summed E-state index contributed by atoms with van der Waals surface area (Å²) in [6.07, 6.45) is 3.07. The number of guanidine groups is 1. The molecule has 0 radical (unpaired) electrons. The van der Waals surface area contributed by atoms with E-state index in [1.54, 1.807) is 0 Å². The van der Waals surface area contributed by atoms with Gasteiger partial charge in [-0.2, -0.15) is 0 Å². The molecule has 0 bridgehead atoms. The molecule has 2 aromatic rings. The van der Waals surface area contributed by atoms with Gasteiger partial charge in [-0.15, -0.1) is 24.0 Å². The molecule has 0 aliphatic carbocycles. The fourth-order valence-electron chi connectivity index (χ4n) is 4.50. The third kappa shape index (κ3) is 4.75. The van der Waals surface area contributed by atoms with Gasteiger partial charge in [0.15, 0.2) is 5.96 Å². The molecule has 2 heterocycles. The average molecular weight is 521 g/mol. The molecule has 1 N–H and O–H groups in total. The number of hydrogen-bond acceptors (Lipinski definition) is 3. The highest BCUT2D eigenvalue weighted by molar-refractivity contribution is 14.0. The first-order valence-corrected chi connectivity index (χ1v) is 10.6. The molecular weight excluding hydrogens is 489 g/mol. The van der Waals surface area contributed by atoms with Gasteiger partial charge in [0, 0.05) is 44.5 Å². The summed E-state index contributed by atoms with van der Waals surface area (Å²) in [6.45, 7) is 6.10. The second-order valence-electron chi connectivity index (χ2n) is 7.78. The molecule has 2 aromatic carbocycles. The minimum Gasteiger partial charge on any atom is -0.494 e. The van der Waals surface area contributed by atoms with E-state index >= 15 is 0 Å². The maximum atomic E-state index is 5.69. The van der Waals surface area contributed by atoms with Gasteiger partial charge >= 0.3 is 0 Å². The number of nitrogens with one attached hydrogen (secondary N) is 1. The lowest BCUT2D eigenvalue weighted by atomic mass is 9.74. The summed E-state index contributed by atoms with van der Waals surface area (Å²) in [5.74, 6) is 1.88. The Morgan fingerprint density at radius 3 is 2.57 bits per heavy atom. The van der Waals surface area contributed by atoms with E-state index in [-0.39, 0.29) is 29.4 Å². The van der Waals surface area contributed by atoms with Gasteiger partial charge in [-0.3, -0.25) is 4.99 Å². The van der Waals surface area contributed by atoms with Crippen molar-refractivity contribution in [2.75, 3.05) is 44.9 Å². The number of benzene rings is 2. The van der Waals surface area contributed by atoms with Crippen LogP contribution in [0.5, 0.6) is 5.75 Å². The highest BCUT2D eigenvalue weighted by Crippen LogP contribution is 2.35. The Kier molecular flexibility index (Phi) is 7.99. The minimum absolute atomic E-state index is 0. The molecule has 6 heteroatoms. The Morgan fingerprint density at radius 2 is 1.87 bits per heavy atom. The average Bonchev–Trinajstić information content (AvgIpc) is 3.20. The van der Waals surface area contributed by atoms with Crippen LogP contribution in [0.25, 0.3) is 0 Å². The van der Waals surface area contributed by atoms with Gasteiger partial charge in [0.1, 0.15) is 5.75 Å². The van der Waals surface area contributed by atoms with Gasteiger partial charge in [-0.25, -0.2) is 0 Å². The number of hydrogen-bond donors (Lipinski definition) is 1. The highest BCUT2D eigenvalue weighted by Gasteiger charge is 2.35. The Hall–Kier alpha value is -1.80. The van der Waals surface area contributed by atoms with E-state index in [9.17, 15) is 0 Å². The first-order valence-electron chi connectivity index (χ1n) is 10.6. The molecule has 0 unspecified atom stereocenters. The lowest BCUT2D eigenvalue weighted by Gasteiger charge is -2.39. The molecule has 0 atom stereocenters. The van der Waals surface area contributed by atoms with Crippen LogP contribution in [-0.4, -0.2) is 45.9 Å². The predicted molar refractivity (Wildman–Crippen MR) is 134 cm³/mol. The van der Waals surface area contributed by atoms with Gasteiger partial charge in [0.2, 0.25) is 0 Å². The lowest BCUT2D eigenvalue weighted by Crippen LogP contribution is -2.49. The summed E-state index contributed by atoms with van der Waals surface area (Å²) in [7, 11) is 1.87. The molecule has 4 rings (SSSR count). The minimum atomic E-state index is 0. The number of anilines is 1. The smallest absolute Gasteiger partial charge is 0.198 e. The summed E-state index contributed by atoms with van der Waals surface area (Å²) in [6, 6.07) is 17.2. The van der Waals surface area contributed by atoms with Crippen LogP contribution in [0.1, 0.15) is 30.9 Å². The largest absolute Gasteiger partial charge is 0.494 e. The first-order chi connectivity index (χ1) is 14.3. The Morgan fingerprint density at radius 1 is 1.13 bits per heavy atom. The second kappa shape index (κ2) is 10.5. The summed E-state index contributed by atoms with van der Waals surface area (Å²) < 4.78 is 11.3. The van der Waals surface area contributed by atoms with E-state index in [0.29, 0.717) is 6.61 Å². The monoisotopic (exact) mass is 521 g/mol. The molecule has 162 valence electrons. The summed E-state index contributed by atoms with van der Waals surface area (Å²) in [5, 5.41) is 3.69. The topological polar surface area (TPSA) is 46.1 Å². The van der Waals surface area contributed by atoms with Crippen LogP contribution in [0, 0.1) is 0 Å². The van der Waals surface area contributed by atoms with Crippen molar-refractivity contribution in [2.45, 2.75) is 31.6 Å². The fourth-order valence-corrected chi connectivity index (χ4v) is 4.50. The van der Waals surface area contributed by atoms with Crippen molar-refractivity contribution in [1.29, 1.82) is 0 Å². The zero-order valence-corrected chi connectivity index (χ0v) is 20.2. The molecular formula is C24H32IN3O2. The quantitative estimate of drug-likeness (QED) is 0.360. The van der Waals surface area contributed by atoms with Crippen LogP contribution >= 0.6 is 24.0 Å². The molecule has 1 saturated heterocycles. The number of rotatable bonds is 5. The second-order valence-corrected chi connectivity index (χ2v) is 7.78. The van der Waals surface area contributed by atoms with Crippen molar-refractivity contribution >= 4 is 35.6 Å². The van der Waals surface area contributed by atoms with E-state index in [4.69, 9.17) is 9.47 Å². The standard InChI is InChI=1S/C24H31N3O2.HI/c1-3-29-21-10-8-20(9-11-21)24(13-16-28-17-14-24)18-26-23(25-2)27-15-12-19-6-4-5-7-22(19)27;/h4-11H,3,12-18H2,1-2H3,(H,25,26);1H. The summed E-state index contributed by atoms with van der Waals surface area (Å²) in [4.78, 5) is 6.90. The highest BCUT2D eigenvalue weighted by atomic mass is 127. The van der Waals surface area contributed by atoms with Gasteiger partial charge in [-0.1, -0.05) is 30.3 Å². The number of fused-ring (bicyclic) bond motifs is 1. The van der Waals surface area contributed by atoms with Crippen molar-refractivity contribution in [1.82, 2.24) is 5.32 Å². The predicted octanol–water partition coefficient (Wildman–Crippen LogP) is 4.39. The van der Waals surface area contributed by atoms with Crippen LogP contribution in [0.2, 0.25) is 0 Å². The van der Waals surface area contributed by atoms with E-state index in [2.05, 4.69) is 63.7 Å². The lowest BCUT2D eigenvalue weighted by molar-refractivity contribution is 0.0514. The summed E-state index contributed by atoms with van der Waals surface area (Å²) in [5.41, 5.74) is 4.04. The van der Waals surface area contributed by atoms with Crippen LogP contribution in [-0.2, 0) is 16.6 Å². The first kappa shape index (κ1) is 22.9. The van der Waals surface area contributed by atoms with Gasteiger partial charge in [0.25, 0.3) is 0 Å². The Bertz CT molecular complexity index is 848. The molecule has 30 heavy (non-hydrogen) atoms. The normalized spacial score (nSPS) is 17.8. The van der Waals surface area contributed by atoms with Gasteiger partial charge in [-0.05, 0) is 55.5 Å². The van der Waals surface area contributed by atoms with E-state index in [1.165, 1.54) is 16.8 Å². The van der Waals surface area contributed by atoms with Gasteiger partial charge in [0.05, 0.1) is 6.61 Å². The van der Waals surface area contributed by atoms with Crippen molar-refractivity contribution in [2.24, 2.45) is 4.99 Å². The van der Waals surface area contributed by atoms with Crippen LogP contribution < -0.4 is 15.0 Å². The third-order valence-electron chi connectivity index (χ3n) is 6.17. The zero-order valence-electron chi connectivity index (χ0n) is 17.9. The molecule has 0 saturated carbocycles. The van der Waals surface area contributed by atoms with Crippen molar-refractivity contribution in [3.05, 3.63) is 59.7 Å². The number of nitrogens with zero attached hydrogens (tertiary/aromatic N) is 2. The number of para-hydroxylation sites is 1. The molecule has 1 fully saturated rings. The van der Waals surface area contributed by atoms with Crippen molar-refractivity contribution in [3.63, 3.8) is 0 Å². The molecule has 0 spiro atoms. The van der Waals surface area contributed by atoms with Gasteiger partial charge < -0.3 is 19.7 Å². The van der Waals surface area contributed by atoms with Crippen LogP contribution in [0.15, 0.2) is 53.5 Å². The SMILES string of the molecule is CCOc1ccc(C2(CNC(=NC)N3CCc4ccccc43)CCOCC2)cc1.I. The van der Waals surface area contributed by atoms with Crippen LogP contribution in [0.3, 0.4) is 0 Å². The van der Waals surface area contributed by atoms with E-state index < -0.39 is 0 Å².